The lowest BCUT2D eigenvalue weighted by molar-refractivity contribution is 0.0679. The minimum absolute atomic E-state index is 0.165. The van der Waals surface area contributed by atoms with Gasteiger partial charge in [-0.15, -0.1) is 0 Å². The van der Waals surface area contributed by atoms with Gasteiger partial charge in [0.25, 0.3) is 5.91 Å². The monoisotopic (exact) mass is 365 g/mol. The molecule has 1 atom stereocenters. The molecule has 1 amide bonds. The van der Waals surface area contributed by atoms with Gasteiger partial charge in [0.2, 0.25) is 0 Å². The van der Waals surface area contributed by atoms with Crippen molar-refractivity contribution in [3.8, 4) is 5.75 Å². The first kappa shape index (κ1) is 17.1. The molecule has 2 aromatic rings. The third kappa shape index (κ3) is 4.20. The van der Waals surface area contributed by atoms with Crippen LogP contribution in [0.15, 0.2) is 42.5 Å². The zero-order valence-electron chi connectivity index (χ0n) is 12.9. The minimum Gasteiger partial charge on any atom is -0.491 e. The Morgan fingerprint density at radius 1 is 1.21 bits per heavy atom. The van der Waals surface area contributed by atoms with Crippen molar-refractivity contribution in [2.75, 3.05) is 18.5 Å². The van der Waals surface area contributed by atoms with E-state index in [1.165, 1.54) is 0 Å². The fourth-order valence-electron chi connectivity index (χ4n) is 2.46. The van der Waals surface area contributed by atoms with Gasteiger partial charge in [-0.3, -0.25) is 4.79 Å². The number of nitrogens with one attached hydrogen (secondary N) is 1. The van der Waals surface area contributed by atoms with Crippen LogP contribution in [0.5, 0.6) is 5.75 Å². The van der Waals surface area contributed by atoms with Crippen LogP contribution in [-0.2, 0) is 4.74 Å². The second kappa shape index (κ2) is 7.88. The summed E-state index contributed by atoms with van der Waals surface area (Å²) in [6, 6.07) is 12.0. The lowest BCUT2D eigenvalue weighted by Gasteiger charge is -2.12. The lowest BCUT2D eigenvalue weighted by atomic mass is 10.2. The largest absolute Gasteiger partial charge is 0.491 e. The minimum atomic E-state index is -0.259. The Balaban J connectivity index is 1.60. The van der Waals surface area contributed by atoms with Gasteiger partial charge in [0.1, 0.15) is 12.4 Å². The molecule has 0 radical (unpaired) electrons. The van der Waals surface area contributed by atoms with E-state index in [2.05, 4.69) is 5.32 Å². The highest BCUT2D eigenvalue weighted by Crippen LogP contribution is 2.30. The molecule has 1 aliphatic rings. The van der Waals surface area contributed by atoms with Gasteiger partial charge < -0.3 is 14.8 Å². The van der Waals surface area contributed by atoms with Crippen LogP contribution in [-0.4, -0.2) is 25.2 Å². The molecule has 2 aromatic carbocycles. The predicted molar refractivity (Wildman–Crippen MR) is 95.3 cm³/mol. The molecule has 1 aliphatic heterocycles. The Morgan fingerprint density at radius 2 is 2.00 bits per heavy atom. The third-order valence-electron chi connectivity index (χ3n) is 3.78. The van der Waals surface area contributed by atoms with Crippen LogP contribution >= 0.6 is 23.2 Å². The Morgan fingerprint density at radius 3 is 2.71 bits per heavy atom. The van der Waals surface area contributed by atoms with Crippen LogP contribution in [0.4, 0.5) is 5.69 Å². The standard InChI is InChI=1S/C18H17Cl2NO3/c19-15-4-1-5-16(17(15)20)21-18(22)12-6-8-13(9-7-12)24-11-14-3-2-10-23-14/h1,4-9,14H,2-3,10-11H2,(H,21,22). The van der Waals surface area contributed by atoms with Crippen molar-refractivity contribution in [3.63, 3.8) is 0 Å². The van der Waals surface area contributed by atoms with Crippen molar-refractivity contribution in [1.29, 1.82) is 0 Å². The summed E-state index contributed by atoms with van der Waals surface area (Å²) in [5.41, 5.74) is 0.989. The molecule has 1 N–H and O–H groups in total. The maximum absolute atomic E-state index is 12.3. The van der Waals surface area contributed by atoms with Crippen LogP contribution in [0.3, 0.4) is 0 Å². The first-order valence-corrected chi connectivity index (χ1v) is 8.49. The van der Waals surface area contributed by atoms with Crippen molar-refractivity contribution in [2.24, 2.45) is 0 Å². The topological polar surface area (TPSA) is 47.6 Å². The smallest absolute Gasteiger partial charge is 0.255 e. The molecule has 0 saturated carbocycles. The molecule has 0 aromatic heterocycles. The Bertz CT molecular complexity index is 713. The number of carbonyl (C=O) groups is 1. The summed E-state index contributed by atoms with van der Waals surface area (Å²) < 4.78 is 11.2. The van der Waals surface area contributed by atoms with Crippen LogP contribution in [0, 0.1) is 0 Å². The van der Waals surface area contributed by atoms with E-state index in [1.807, 2.05) is 0 Å². The van der Waals surface area contributed by atoms with Gasteiger partial charge >= 0.3 is 0 Å². The Labute approximate surface area is 150 Å². The van der Waals surface area contributed by atoms with Gasteiger partial charge in [-0.25, -0.2) is 0 Å². The van der Waals surface area contributed by atoms with E-state index in [1.54, 1.807) is 42.5 Å². The highest BCUT2D eigenvalue weighted by Gasteiger charge is 2.16. The summed E-state index contributed by atoms with van der Waals surface area (Å²) in [6.07, 6.45) is 2.28. The summed E-state index contributed by atoms with van der Waals surface area (Å²) in [5.74, 6) is 0.452. The highest BCUT2D eigenvalue weighted by molar-refractivity contribution is 6.44. The molecule has 126 valence electrons. The quantitative estimate of drug-likeness (QED) is 0.827. The molecule has 1 heterocycles. The van der Waals surface area contributed by atoms with E-state index in [4.69, 9.17) is 32.7 Å². The molecule has 24 heavy (non-hydrogen) atoms. The molecule has 1 unspecified atom stereocenters. The van der Waals surface area contributed by atoms with E-state index < -0.39 is 0 Å². The van der Waals surface area contributed by atoms with Gasteiger partial charge in [-0.1, -0.05) is 29.3 Å². The molecular weight excluding hydrogens is 349 g/mol. The summed E-state index contributed by atoms with van der Waals surface area (Å²) in [6.45, 7) is 1.34. The van der Waals surface area contributed by atoms with E-state index in [0.717, 1.165) is 19.4 Å². The van der Waals surface area contributed by atoms with Crippen molar-refractivity contribution in [2.45, 2.75) is 18.9 Å². The zero-order valence-corrected chi connectivity index (χ0v) is 14.4. The average molecular weight is 366 g/mol. The van der Waals surface area contributed by atoms with E-state index >= 15 is 0 Å². The number of hydrogen-bond acceptors (Lipinski definition) is 3. The predicted octanol–water partition coefficient (Wildman–Crippen LogP) is 4.80. The van der Waals surface area contributed by atoms with E-state index in [9.17, 15) is 4.79 Å². The van der Waals surface area contributed by atoms with Crippen molar-refractivity contribution >= 4 is 34.8 Å². The molecule has 0 bridgehead atoms. The van der Waals surface area contributed by atoms with Gasteiger partial charge in [0.05, 0.1) is 21.8 Å². The fraction of sp³-hybridized carbons (Fsp3) is 0.278. The normalized spacial score (nSPS) is 16.8. The number of ether oxygens (including phenoxy) is 2. The number of carbonyl (C=O) groups excluding carboxylic acids is 1. The molecular formula is C18H17Cl2NO3. The number of benzene rings is 2. The van der Waals surface area contributed by atoms with Crippen molar-refractivity contribution < 1.29 is 14.3 Å². The van der Waals surface area contributed by atoms with Gasteiger partial charge in [0, 0.05) is 12.2 Å². The van der Waals surface area contributed by atoms with Crippen LogP contribution in [0.25, 0.3) is 0 Å². The molecule has 4 nitrogen and oxygen atoms in total. The van der Waals surface area contributed by atoms with E-state index in [-0.39, 0.29) is 12.0 Å². The molecule has 0 aliphatic carbocycles. The summed E-state index contributed by atoms with van der Waals surface area (Å²) >= 11 is 12.0. The summed E-state index contributed by atoms with van der Waals surface area (Å²) in [7, 11) is 0. The number of hydrogen-bond donors (Lipinski definition) is 1. The van der Waals surface area contributed by atoms with Crippen molar-refractivity contribution in [3.05, 3.63) is 58.1 Å². The maximum Gasteiger partial charge on any atom is 0.255 e. The van der Waals surface area contributed by atoms with E-state index in [0.29, 0.717) is 33.7 Å². The number of rotatable bonds is 5. The fourth-order valence-corrected chi connectivity index (χ4v) is 2.81. The molecule has 1 saturated heterocycles. The second-order valence-corrected chi connectivity index (χ2v) is 6.31. The first-order valence-electron chi connectivity index (χ1n) is 7.73. The van der Waals surface area contributed by atoms with Gasteiger partial charge in [-0.2, -0.15) is 0 Å². The Hall–Kier alpha value is -1.75. The molecule has 3 rings (SSSR count). The van der Waals surface area contributed by atoms with Gasteiger partial charge in [-0.05, 0) is 49.2 Å². The van der Waals surface area contributed by atoms with Crippen LogP contribution in [0.1, 0.15) is 23.2 Å². The summed E-state index contributed by atoms with van der Waals surface area (Å²) in [5, 5.41) is 3.47. The zero-order chi connectivity index (χ0) is 16.9. The maximum atomic E-state index is 12.3. The second-order valence-electron chi connectivity index (χ2n) is 5.53. The summed E-state index contributed by atoms with van der Waals surface area (Å²) in [4.78, 5) is 12.3. The van der Waals surface area contributed by atoms with Crippen LogP contribution in [0.2, 0.25) is 10.0 Å². The molecule has 0 spiro atoms. The Kier molecular flexibility index (Phi) is 5.61. The highest BCUT2D eigenvalue weighted by atomic mass is 35.5. The lowest BCUT2D eigenvalue weighted by Crippen LogP contribution is -2.16. The number of anilines is 1. The first-order chi connectivity index (χ1) is 11.6. The molecule has 6 heteroatoms. The number of halogens is 2. The number of amides is 1. The average Bonchev–Trinajstić information content (AvgIpc) is 3.11. The van der Waals surface area contributed by atoms with Crippen LogP contribution < -0.4 is 10.1 Å². The SMILES string of the molecule is O=C(Nc1cccc(Cl)c1Cl)c1ccc(OCC2CCCO2)cc1. The molecule has 1 fully saturated rings. The van der Waals surface area contributed by atoms with Crippen molar-refractivity contribution in [1.82, 2.24) is 0 Å². The third-order valence-corrected chi connectivity index (χ3v) is 4.60. The van der Waals surface area contributed by atoms with Gasteiger partial charge in [0.15, 0.2) is 0 Å².